The zero-order valence-corrected chi connectivity index (χ0v) is 9.67. The highest BCUT2D eigenvalue weighted by atomic mass is 79.9. The van der Waals surface area contributed by atoms with E-state index in [0.717, 1.165) is 0 Å². The van der Waals surface area contributed by atoms with Crippen molar-refractivity contribution in [1.82, 2.24) is 4.98 Å². The van der Waals surface area contributed by atoms with Gasteiger partial charge in [-0.15, -0.1) is 0 Å². The molecule has 7 heteroatoms. The molecule has 0 aliphatic carbocycles. The van der Waals surface area contributed by atoms with Crippen LogP contribution < -0.4 is 5.73 Å². The first kappa shape index (κ1) is 13.0. The first-order chi connectivity index (χ1) is 7.45. The summed E-state index contributed by atoms with van der Waals surface area (Å²) in [4.78, 5) is 14.2. The number of carboxylic acids is 1. The van der Waals surface area contributed by atoms with Crippen molar-refractivity contribution in [3.8, 4) is 0 Å². The number of carboxylic acid groups (broad SMARTS) is 1. The predicted octanol–water partition coefficient (Wildman–Crippen LogP) is 1.87. The molecule has 0 amide bonds. The quantitative estimate of drug-likeness (QED) is 0.831. The average molecular weight is 295 g/mol. The molecule has 0 atom stereocenters. The maximum Gasteiger partial charge on any atom is 0.309 e. The molecule has 0 unspecified atom stereocenters. The van der Waals surface area contributed by atoms with Crippen molar-refractivity contribution in [2.24, 2.45) is 5.73 Å². The number of rotatable bonds is 4. The first-order valence-electron chi connectivity index (χ1n) is 4.34. The summed E-state index contributed by atoms with van der Waals surface area (Å²) < 4.78 is 25.2. The molecule has 1 aromatic rings. The van der Waals surface area contributed by atoms with E-state index in [0.29, 0.717) is 0 Å². The number of halogens is 3. The van der Waals surface area contributed by atoms with Gasteiger partial charge in [-0.25, -0.2) is 13.8 Å². The normalized spacial score (nSPS) is 10.8. The molecule has 4 nitrogen and oxygen atoms in total. The Morgan fingerprint density at radius 2 is 2.25 bits per heavy atom. The van der Waals surface area contributed by atoms with Crippen LogP contribution >= 0.6 is 15.9 Å². The molecule has 0 aliphatic heterocycles. The zero-order chi connectivity index (χ0) is 12.3. The number of alkyl halides is 2. The van der Waals surface area contributed by atoms with E-state index in [1.54, 1.807) is 0 Å². The van der Waals surface area contributed by atoms with E-state index >= 15 is 0 Å². The third-order valence-electron chi connectivity index (χ3n) is 1.92. The summed E-state index contributed by atoms with van der Waals surface area (Å²) in [5.41, 5.74) is 5.45. The molecule has 0 fully saturated rings. The molecule has 0 aliphatic rings. The van der Waals surface area contributed by atoms with E-state index in [2.05, 4.69) is 20.9 Å². The predicted molar refractivity (Wildman–Crippen MR) is 56.1 cm³/mol. The summed E-state index contributed by atoms with van der Waals surface area (Å²) in [5.74, 6) is -1.08. The number of hydrogen-bond donors (Lipinski definition) is 2. The summed E-state index contributed by atoms with van der Waals surface area (Å²) in [7, 11) is 0. The SMILES string of the molecule is NCc1cc(CC(=O)O)nc(Br)c1C(F)F. The Kier molecular flexibility index (Phi) is 4.31. The van der Waals surface area contributed by atoms with E-state index in [1.165, 1.54) is 6.07 Å². The van der Waals surface area contributed by atoms with E-state index in [1.807, 2.05) is 0 Å². The Bertz CT molecular complexity index is 413. The number of nitrogens with zero attached hydrogens (tertiary/aromatic N) is 1. The van der Waals surface area contributed by atoms with Gasteiger partial charge in [0.15, 0.2) is 0 Å². The highest BCUT2D eigenvalue weighted by molar-refractivity contribution is 9.10. The molecule has 1 aromatic heterocycles. The lowest BCUT2D eigenvalue weighted by atomic mass is 10.1. The van der Waals surface area contributed by atoms with Gasteiger partial charge in [-0.3, -0.25) is 4.79 Å². The van der Waals surface area contributed by atoms with Crippen LogP contribution in [0.15, 0.2) is 10.7 Å². The van der Waals surface area contributed by atoms with Crippen molar-refractivity contribution in [3.05, 3.63) is 27.5 Å². The third-order valence-corrected chi connectivity index (χ3v) is 2.53. The number of hydrogen-bond acceptors (Lipinski definition) is 3. The second kappa shape index (κ2) is 5.31. The third kappa shape index (κ3) is 2.96. The van der Waals surface area contributed by atoms with Gasteiger partial charge in [-0.2, -0.15) is 0 Å². The van der Waals surface area contributed by atoms with Gasteiger partial charge in [0.05, 0.1) is 17.7 Å². The van der Waals surface area contributed by atoms with Crippen LogP contribution in [0.3, 0.4) is 0 Å². The summed E-state index contributed by atoms with van der Waals surface area (Å²) in [6.45, 7) is -0.0899. The van der Waals surface area contributed by atoms with E-state index in [9.17, 15) is 13.6 Å². The number of aromatic nitrogens is 1. The fourth-order valence-corrected chi connectivity index (χ4v) is 1.93. The van der Waals surface area contributed by atoms with Crippen LogP contribution in [0.4, 0.5) is 8.78 Å². The standard InChI is InChI=1S/C9H9BrF2N2O2/c10-8-7(9(11)12)4(3-13)1-5(14-8)2-6(15)16/h1,9H,2-3,13H2,(H,15,16). The number of pyridine rings is 1. The van der Waals surface area contributed by atoms with Crippen molar-refractivity contribution in [2.75, 3.05) is 0 Å². The fourth-order valence-electron chi connectivity index (χ4n) is 1.27. The molecule has 0 aromatic carbocycles. The molecule has 16 heavy (non-hydrogen) atoms. The van der Waals surface area contributed by atoms with Gasteiger partial charge in [0.1, 0.15) is 4.60 Å². The first-order valence-corrected chi connectivity index (χ1v) is 5.13. The molecular formula is C9H9BrF2N2O2. The smallest absolute Gasteiger partial charge is 0.309 e. The van der Waals surface area contributed by atoms with Crippen LogP contribution in [0.5, 0.6) is 0 Å². The minimum absolute atomic E-state index is 0.0540. The molecule has 0 radical (unpaired) electrons. The van der Waals surface area contributed by atoms with Crippen LogP contribution in [-0.2, 0) is 17.8 Å². The highest BCUT2D eigenvalue weighted by Crippen LogP contribution is 2.29. The summed E-state index contributed by atoms with van der Waals surface area (Å²) in [6.07, 6.45) is -3.02. The second-order valence-corrected chi connectivity index (χ2v) is 3.80. The van der Waals surface area contributed by atoms with Gasteiger partial charge >= 0.3 is 5.97 Å². The maximum absolute atomic E-state index is 12.6. The molecule has 0 bridgehead atoms. The number of aliphatic carboxylic acids is 1. The van der Waals surface area contributed by atoms with Crippen LogP contribution in [0.25, 0.3) is 0 Å². The topological polar surface area (TPSA) is 76.2 Å². The van der Waals surface area contributed by atoms with Gasteiger partial charge in [0.2, 0.25) is 0 Å². The van der Waals surface area contributed by atoms with E-state index in [4.69, 9.17) is 10.8 Å². The second-order valence-electron chi connectivity index (χ2n) is 3.05. The number of carbonyl (C=O) groups is 1. The van der Waals surface area contributed by atoms with Crippen molar-refractivity contribution in [3.63, 3.8) is 0 Å². The van der Waals surface area contributed by atoms with E-state index < -0.39 is 12.4 Å². The van der Waals surface area contributed by atoms with Crippen LogP contribution in [-0.4, -0.2) is 16.1 Å². The Morgan fingerprint density at radius 1 is 1.62 bits per heavy atom. The van der Waals surface area contributed by atoms with Gasteiger partial charge in [-0.05, 0) is 27.6 Å². The molecule has 0 spiro atoms. The molecule has 0 saturated heterocycles. The Hall–Kier alpha value is -1.08. The van der Waals surface area contributed by atoms with Crippen molar-refractivity contribution >= 4 is 21.9 Å². The lowest BCUT2D eigenvalue weighted by molar-refractivity contribution is -0.136. The minimum atomic E-state index is -2.70. The summed E-state index contributed by atoms with van der Waals surface area (Å²) in [5, 5.41) is 8.57. The molecule has 1 rings (SSSR count). The van der Waals surface area contributed by atoms with Crippen molar-refractivity contribution in [2.45, 2.75) is 19.4 Å². The molecule has 1 heterocycles. The average Bonchev–Trinajstić information content (AvgIpc) is 2.14. The summed E-state index contributed by atoms with van der Waals surface area (Å²) in [6, 6.07) is 1.29. The maximum atomic E-state index is 12.6. The molecule has 0 saturated carbocycles. The van der Waals surface area contributed by atoms with Crippen molar-refractivity contribution in [1.29, 1.82) is 0 Å². The Balaban J connectivity index is 3.20. The molecule has 88 valence electrons. The van der Waals surface area contributed by atoms with Crippen LogP contribution in [0.2, 0.25) is 0 Å². The van der Waals surface area contributed by atoms with Crippen LogP contribution in [0.1, 0.15) is 23.2 Å². The molecular weight excluding hydrogens is 286 g/mol. The fraction of sp³-hybridized carbons (Fsp3) is 0.333. The largest absolute Gasteiger partial charge is 0.481 e. The van der Waals surface area contributed by atoms with Gasteiger partial charge in [0, 0.05) is 6.54 Å². The highest BCUT2D eigenvalue weighted by Gasteiger charge is 2.19. The van der Waals surface area contributed by atoms with E-state index in [-0.39, 0.29) is 34.4 Å². The van der Waals surface area contributed by atoms with Gasteiger partial charge in [-0.1, -0.05) is 0 Å². The lowest BCUT2D eigenvalue weighted by Gasteiger charge is -2.10. The van der Waals surface area contributed by atoms with Crippen molar-refractivity contribution < 1.29 is 18.7 Å². The number of nitrogens with two attached hydrogens (primary N) is 1. The minimum Gasteiger partial charge on any atom is -0.481 e. The summed E-state index contributed by atoms with van der Waals surface area (Å²) >= 11 is 2.89. The van der Waals surface area contributed by atoms with Crippen LogP contribution in [0, 0.1) is 0 Å². The van der Waals surface area contributed by atoms with Gasteiger partial charge in [0.25, 0.3) is 6.43 Å². The Labute approximate surface area is 98.6 Å². The Morgan fingerprint density at radius 3 is 2.69 bits per heavy atom. The molecule has 3 N–H and O–H groups in total. The van der Waals surface area contributed by atoms with Gasteiger partial charge < -0.3 is 10.8 Å². The lowest BCUT2D eigenvalue weighted by Crippen LogP contribution is -2.09. The monoisotopic (exact) mass is 294 g/mol. The zero-order valence-electron chi connectivity index (χ0n) is 8.08.